The first kappa shape index (κ1) is 20.9. The van der Waals surface area contributed by atoms with Gasteiger partial charge in [0.2, 0.25) is 0 Å². The number of anilines is 1. The first-order chi connectivity index (χ1) is 14.0. The summed E-state index contributed by atoms with van der Waals surface area (Å²) in [5.41, 5.74) is 0.767. The molecule has 0 radical (unpaired) electrons. The van der Waals surface area contributed by atoms with Crippen LogP contribution >= 0.6 is 11.8 Å². The second-order valence-electron chi connectivity index (χ2n) is 5.85. The molecule has 1 saturated heterocycles. The molecular weight excluding hydrogens is 406 g/mol. The van der Waals surface area contributed by atoms with Crippen LogP contribution in [0.15, 0.2) is 82.1 Å². The summed E-state index contributed by atoms with van der Waals surface area (Å²) in [6.45, 7) is 4.00. The molecule has 1 unspecified atom stereocenters. The number of nitrogens with one attached hydrogen (secondary N) is 2. The molecule has 2 N–H and O–H groups in total. The maximum absolute atomic E-state index is 12.8. The van der Waals surface area contributed by atoms with E-state index in [0.717, 1.165) is 22.8 Å². The predicted octanol–water partition coefficient (Wildman–Crippen LogP) is 4.21. The number of carbonyl (C=O) groups excluding carboxylic acids is 1. The van der Waals surface area contributed by atoms with Crippen molar-refractivity contribution in [2.24, 2.45) is 4.40 Å². The summed E-state index contributed by atoms with van der Waals surface area (Å²) in [6.07, 6.45) is 0. The van der Waals surface area contributed by atoms with E-state index in [-0.39, 0.29) is 16.0 Å². The highest BCUT2D eigenvalue weighted by Gasteiger charge is 2.32. The highest BCUT2D eigenvalue weighted by molar-refractivity contribution is 8.16. The lowest BCUT2D eigenvalue weighted by molar-refractivity contribution is -0.118. The Bertz CT molecular complexity index is 1140. The van der Waals surface area contributed by atoms with Crippen molar-refractivity contribution >= 4 is 49.3 Å². The number of hydrogen-bond donors (Lipinski definition) is 2. The second-order valence-corrected chi connectivity index (χ2v) is 8.51. The Morgan fingerprint density at radius 2 is 1.59 bits per heavy atom. The Labute approximate surface area is 174 Å². The zero-order chi connectivity index (χ0) is 20.9. The number of para-hydroxylation sites is 1. The number of amidine groups is 1. The zero-order valence-corrected chi connectivity index (χ0v) is 17.6. The minimum atomic E-state index is -3.97. The number of fused-ring (bicyclic) bond motifs is 1. The summed E-state index contributed by atoms with van der Waals surface area (Å²) in [6, 6.07) is 21.5. The fourth-order valence-corrected chi connectivity index (χ4v) is 5.06. The van der Waals surface area contributed by atoms with E-state index in [4.69, 9.17) is 0 Å². The summed E-state index contributed by atoms with van der Waals surface area (Å²) in [7, 11) is -3.97. The van der Waals surface area contributed by atoms with Gasteiger partial charge < -0.3 is 10.6 Å². The highest BCUT2D eigenvalue weighted by Crippen LogP contribution is 2.27. The Morgan fingerprint density at radius 3 is 2.34 bits per heavy atom. The van der Waals surface area contributed by atoms with Crippen LogP contribution in [0, 0.1) is 0 Å². The van der Waals surface area contributed by atoms with E-state index in [1.165, 1.54) is 6.07 Å². The number of rotatable bonds is 4. The number of sulfonamides is 1. The summed E-state index contributed by atoms with van der Waals surface area (Å²) in [5.74, 6) is -0.337. The smallest absolute Gasteiger partial charge is 0.285 e. The van der Waals surface area contributed by atoms with Crippen molar-refractivity contribution in [3.8, 4) is 0 Å². The summed E-state index contributed by atoms with van der Waals surface area (Å²) in [5, 5.41) is 6.40. The fourth-order valence-electron chi connectivity index (χ4n) is 2.77. The molecule has 1 amide bonds. The van der Waals surface area contributed by atoms with Gasteiger partial charge in [0.25, 0.3) is 15.9 Å². The molecule has 0 spiro atoms. The molecule has 1 heterocycles. The van der Waals surface area contributed by atoms with Gasteiger partial charge in [-0.1, -0.05) is 80.2 Å². The van der Waals surface area contributed by atoms with Gasteiger partial charge in [0, 0.05) is 11.1 Å². The quantitative estimate of drug-likeness (QED) is 0.651. The van der Waals surface area contributed by atoms with Crippen LogP contribution in [0.5, 0.6) is 0 Å². The van der Waals surface area contributed by atoms with Gasteiger partial charge >= 0.3 is 0 Å². The molecule has 8 heteroatoms. The van der Waals surface area contributed by atoms with Crippen molar-refractivity contribution in [3.63, 3.8) is 0 Å². The van der Waals surface area contributed by atoms with Crippen LogP contribution in [0.3, 0.4) is 0 Å². The molecule has 1 fully saturated rings. The number of thioether (sulfide) groups is 1. The first-order valence-corrected chi connectivity index (χ1v) is 11.5. The van der Waals surface area contributed by atoms with E-state index in [0.29, 0.717) is 5.39 Å². The molecule has 1 atom stereocenters. The van der Waals surface area contributed by atoms with Crippen LogP contribution in [0.1, 0.15) is 13.8 Å². The number of carbonyl (C=O) groups is 1. The van der Waals surface area contributed by atoms with Gasteiger partial charge in [0.1, 0.15) is 0 Å². The van der Waals surface area contributed by atoms with Gasteiger partial charge in [-0.25, -0.2) is 0 Å². The molecule has 3 aromatic carbocycles. The van der Waals surface area contributed by atoms with Crippen molar-refractivity contribution < 1.29 is 13.2 Å². The van der Waals surface area contributed by atoms with E-state index < -0.39 is 15.4 Å². The topological polar surface area (TPSA) is 87.6 Å². The maximum atomic E-state index is 12.8. The number of nitrogens with zero attached hydrogens (tertiary/aromatic N) is 1. The van der Waals surface area contributed by atoms with Gasteiger partial charge in [0.05, 0.1) is 4.90 Å². The minimum Gasteiger partial charge on any atom is -0.365 e. The van der Waals surface area contributed by atoms with Crippen molar-refractivity contribution in [1.29, 1.82) is 0 Å². The summed E-state index contributed by atoms with van der Waals surface area (Å²) >= 11 is 1.04. The molecule has 0 aliphatic carbocycles. The van der Waals surface area contributed by atoms with Crippen LogP contribution < -0.4 is 10.6 Å². The van der Waals surface area contributed by atoms with Crippen molar-refractivity contribution in [1.82, 2.24) is 5.32 Å². The Kier molecular flexibility index (Phi) is 6.56. The molecule has 4 rings (SSSR count). The van der Waals surface area contributed by atoms with Crippen molar-refractivity contribution in [2.45, 2.75) is 24.1 Å². The second kappa shape index (κ2) is 9.11. The van der Waals surface area contributed by atoms with Crippen LogP contribution in [-0.4, -0.2) is 24.9 Å². The molecule has 0 aromatic heterocycles. The SMILES string of the molecule is CC.O=C1N/C(=N\S(=O)(=O)c2cccc3ccccc23)SC1Nc1ccccc1. The average molecular weight is 428 g/mol. The van der Waals surface area contributed by atoms with Crippen molar-refractivity contribution in [3.05, 3.63) is 72.8 Å². The lowest BCUT2D eigenvalue weighted by atomic mass is 10.1. The average Bonchev–Trinajstić information content (AvgIpc) is 3.07. The minimum absolute atomic E-state index is 0.0568. The molecule has 3 aromatic rings. The van der Waals surface area contributed by atoms with Crippen LogP contribution in [0.25, 0.3) is 10.8 Å². The largest absolute Gasteiger partial charge is 0.365 e. The summed E-state index contributed by atoms with van der Waals surface area (Å²) < 4.78 is 29.5. The Hall–Kier alpha value is -2.84. The number of hydrogen-bond acceptors (Lipinski definition) is 5. The monoisotopic (exact) mass is 427 g/mol. The zero-order valence-electron chi connectivity index (χ0n) is 16.0. The number of amides is 1. The molecule has 0 saturated carbocycles. The molecule has 1 aliphatic heterocycles. The predicted molar refractivity (Wildman–Crippen MR) is 120 cm³/mol. The van der Waals surface area contributed by atoms with E-state index in [1.54, 1.807) is 18.2 Å². The fraction of sp³-hybridized carbons (Fsp3) is 0.143. The molecule has 29 heavy (non-hydrogen) atoms. The molecule has 6 nitrogen and oxygen atoms in total. The van der Waals surface area contributed by atoms with Gasteiger partial charge in [-0.15, -0.1) is 4.40 Å². The van der Waals surface area contributed by atoms with Crippen LogP contribution in [-0.2, 0) is 14.8 Å². The van der Waals surface area contributed by atoms with Gasteiger partial charge in [-0.3, -0.25) is 4.79 Å². The lowest BCUT2D eigenvalue weighted by Crippen LogP contribution is -2.29. The molecular formula is C21H21N3O3S2. The lowest BCUT2D eigenvalue weighted by Gasteiger charge is -2.09. The standard InChI is InChI=1S/C19H15N3O3S2.C2H6/c23-17-18(20-14-9-2-1-3-10-14)26-19(21-17)22-27(24,25)16-12-6-8-13-7-4-5-11-15(13)16;1-2/h1-12,18,20H,(H,21,22,23);1-2H3. The third kappa shape index (κ3) is 4.78. The van der Waals surface area contributed by atoms with E-state index in [2.05, 4.69) is 15.0 Å². The summed E-state index contributed by atoms with van der Waals surface area (Å²) in [4.78, 5) is 12.3. The highest BCUT2D eigenvalue weighted by atomic mass is 32.2. The Morgan fingerprint density at radius 1 is 0.931 bits per heavy atom. The third-order valence-corrected chi connectivity index (χ3v) is 6.43. The maximum Gasteiger partial charge on any atom is 0.285 e. The van der Waals surface area contributed by atoms with Gasteiger partial charge in [-0.2, -0.15) is 8.42 Å². The molecule has 150 valence electrons. The van der Waals surface area contributed by atoms with Gasteiger partial charge in [-0.05, 0) is 23.6 Å². The van der Waals surface area contributed by atoms with Gasteiger partial charge in [0.15, 0.2) is 10.5 Å². The van der Waals surface area contributed by atoms with E-state index in [1.807, 2.05) is 62.4 Å². The van der Waals surface area contributed by atoms with Crippen molar-refractivity contribution in [2.75, 3.05) is 5.32 Å². The van der Waals surface area contributed by atoms with Crippen LogP contribution in [0.4, 0.5) is 5.69 Å². The van der Waals surface area contributed by atoms with E-state index >= 15 is 0 Å². The van der Waals surface area contributed by atoms with Crippen LogP contribution in [0.2, 0.25) is 0 Å². The first-order valence-electron chi connectivity index (χ1n) is 9.15. The normalized spacial score (nSPS) is 17.5. The Balaban J connectivity index is 0.00000117. The molecule has 0 bridgehead atoms. The number of benzene rings is 3. The van der Waals surface area contributed by atoms with E-state index in [9.17, 15) is 13.2 Å². The third-order valence-electron chi connectivity index (χ3n) is 4.00. The molecule has 1 aliphatic rings.